The highest BCUT2D eigenvalue weighted by Crippen LogP contribution is 2.21. The molecule has 0 radical (unpaired) electrons. The molecule has 6 nitrogen and oxygen atoms in total. The van der Waals surface area contributed by atoms with Crippen molar-refractivity contribution in [2.75, 3.05) is 18.4 Å². The lowest BCUT2D eigenvalue weighted by atomic mass is 10.1. The molecule has 0 aliphatic carbocycles. The van der Waals surface area contributed by atoms with Gasteiger partial charge in [0.25, 0.3) is 0 Å². The molecule has 22 heavy (non-hydrogen) atoms. The van der Waals surface area contributed by atoms with Crippen LogP contribution in [0.15, 0.2) is 42.6 Å². The van der Waals surface area contributed by atoms with E-state index in [-0.39, 0.29) is 11.8 Å². The van der Waals surface area contributed by atoms with Crippen molar-refractivity contribution in [2.45, 2.75) is 6.42 Å². The highest BCUT2D eigenvalue weighted by molar-refractivity contribution is 5.92. The van der Waals surface area contributed by atoms with Gasteiger partial charge in [0, 0.05) is 18.7 Å². The van der Waals surface area contributed by atoms with Crippen LogP contribution in [0.2, 0.25) is 0 Å². The van der Waals surface area contributed by atoms with E-state index in [2.05, 4.69) is 21.7 Å². The van der Waals surface area contributed by atoms with Crippen LogP contribution in [-0.2, 0) is 4.79 Å². The summed E-state index contributed by atoms with van der Waals surface area (Å²) in [7, 11) is 0. The second-order valence-electron chi connectivity index (χ2n) is 5.22. The summed E-state index contributed by atoms with van der Waals surface area (Å²) >= 11 is 0. The molecule has 1 atom stereocenters. The normalized spacial score (nSPS) is 17.0. The molecule has 1 fully saturated rings. The molecule has 1 aromatic heterocycles. The molecule has 1 saturated heterocycles. The van der Waals surface area contributed by atoms with Crippen LogP contribution in [0, 0.1) is 17.4 Å². The predicted molar refractivity (Wildman–Crippen MR) is 81.4 cm³/mol. The Morgan fingerprint density at radius 3 is 2.86 bits per heavy atom. The summed E-state index contributed by atoms with van der Waals surface area (Å²) in [6, 6.07) is 11.6. The SMILES string of the molecule is N#CN1CCC(C(=O)Nc2cc(-c3ccccc3)cnn2)C1. The fraction of sp³-hybridized carbons (Fsp3) is 0.250. The second-order valence-corrected chi connectivity index (χ2v) is 5.22. The van der Waals surface area contributed by atoms with Crippen molar-refractivity contribution in [3.63, 3.8) is 0 Å². The van der Waals surface area contributed by atoms with Crippen molar-refractivity contribution in [1.82, 2.24) is 15.1 Å². The first-order chi connectivity index (χ1) is 10.8. The van der Waals surface area contributed by atoms with Crippen molar-refractivity contribution in [3.05, 3.63) is 42.6 Å². The number of carbonyl (C=O) groups is 1. The van der Waals surface area contributed by atoms with E-state index in [1.54, 1.807) is 17.2 Å². The molecule has 0 spiro atoms. The van der Waals surface area contributed by atoms with Gasteiger partial charge in [-0.15, -0.1) is 5.10 Å². The largest absolute Gasteiger partial charge is 0.310 e. The van der Waals surface area contributed by atoms with E-state index in [9.17, 15) is 4.79 Å². The fourth-order valence-corrected chi connectivity index (χ4v) is 2.51. The maximum atomic E-state index is 12.2. The van der Waals surface area contributed by atoms with Gasteiger partial charge < -0.3 is 10.2 Å². The monoisotopic (exact) mass is 293 g/mol. The van der Waals surface area contributed by atoms with Gasteiger partial charge in [-0.2, -0.15) is 10.4 Å². The quantitative estimate of drug-likeness (QED) is 0.874. The van der Waals surface area contributed by atoms with Crippen molar-refractivity contribution >= 4 is 11.7 Å². The molecule has 110 valence electrons. The summed E-state index contributed by atoms with van der Waals surface area (Å²) < 4.78 is 0. The smallest absolute Gasteiger partial charge is 0.230 e. The number of nitriles is 1. The van der Waals surface area contributed by atoms with E-state index in [1.807, 2.05) is 30.3 Å². The summed E-state index contributed by atoms with van der Waals surface area (Å²) in [4.78, 5) is 13.8. The van der Waals surface area contributed by atoms with Crippen LogP contribution in [0.1, 0.15) is 6.42 Å². The van der Waals surface area contributed by atoms with Gasteiger partial charge in [-0.1, -0.05) is 30.3 Å². The molecule has 2 heterocycles. The van der Waals surface area contributed by atoms with Gasteiger partial charge in [-0.25, -0.2) is 0 Å². The van der Waals surface area contributed by atoms with Gasteiger partial charge >= 0.3 is 0 Å². The fourth-order valence-electron chi connectivity index (χ4n) is 2.51. The van der Waals surface area contributed by atoms with Crippen LogP contribution in [0.5, 0.6) is 0 Å². The highest BCUT2D eigenvalue weighted by Gasteiger charge is 2.28. The number of nitrogens with one attached hydrogen (secondary N) is 1. The number of anilines is 1. The van der Waals surface area contributed by atoms with E-state index in [4.69, 9.17) is 5.26 Å². The average Bonchev–Trinajstić information content (AvgIpc) is 3.05. The third kappa shape index (κ3) is 3.04. The number of amides is 1. The molecule has 1 aromatic carbocycles. The standard InChI is InChI=1S/C16H15N5O/c17-11-21-7-6-13(10-21)16(22)19-15-8-14(9-18-20-15)12-4-2-1-3-5-12/h1-5,8-9,13H,6-7,10H2,(H,19,20,22). The highest BCUT2D eigenvalue weighted by atomic mass is 16.2. The lowest BCUT2D eigenvalue weighted by Gasteiger charge is -2.10. The topological polar surface area (TPSA) is 81.9 Å². The number of rotatable bonds is 3. The summed E-state index contributed by atoms with van der Waals surface area (Å²) in [6.07, 6.45) is 4.42. The maximum Gasteiger partial charge on any atom is 0.230 e. The van der Waals surface area contributed by atoms with E-state index < -0.39 is 0 Å². The Labute approximate surface area is 128 Å². The number of nitrogens with zero attached hydrogens (tertiary/aromatic N) is 4. The molecule has 3 rings (SSSR count). The zero-order valence-electron chi connectivity index (χ0n) is 11.9. The lowest BCUT2D eigenvalue weighted by Crippen LogP contribution is -2.25. The van der Waals surface area contributed by atoms with E-state index in [0.717, 1.165) is 11.1 Å². The van der Waals surface area contributed by atoms with Gasteiger partial charge in [0.2, 0.25) is 5.91 Å². The zero-order valence-corrected chi connectivity index (χ0v) is 11.9. The Morgan fingerprint density at radius 1 is 1.32 bits per heavy atom. The Kier molecular flexibility index (Phi) is 3.97. The second kappa shape index (κ2) is 6.22. The van der Waals surface area contributed by atoms with Crippen molar-refractivity contribution in [1.29, 1.82) is 5.26 Å². The van der Waals surface area contributed by atoms with Crippen LogP contribution in [-0.4, -0.2) is 34.1 Å². The van der Waals surface area contributed by atoms with Crippen molar-refractivity contribution < 1.29 is 4.79 Å². The van der Waals surface area contributed by atoms with Gasteiger partial charge in [0.15, 0.2) is 12.0 Å². The lowest BCUT2D eigenvalue weighted by molar-refractivity contribution is -0.119. The predicted octanol–water partition coefficient (Wildman–Crippen LogP) is 1.89. The number of benzene rings is 1. The number of carbonyl (C=O) groups excluding carboxylic acids is 1. The van der Waals surface area contributed by atoms with Gasteiger partial charge in [0.05, 0.1) is 12.1 Å². The number of likely N-dealkylation sites (tertiary alicyclic amines) is 1. The average molecular weight is 293 g/mol. The minimum atomic E-state index is -0.179. The molecule has 6 heteroatoms. The number of hydrogen-bond donors (Lipinski definition) is 1. The number of aromatic nitrogens is 2. The molecule has 1 N–H and O–H groups in total. The van der Waals surface area contributed by atoms with Crippen molar-refractivity contribution in [3.8, 4) is 17.3 Å². The Hall–Kier alpha value is -2.94. The van der Waals surface area contributed by atoms with Crippen LogP contribution in [0.4, 0.5) is 5.82 Å². The Balaban J connectivity index is 1.71. The first-order valence-electron chi connectivity index (χ1n) is 7.10. The molecular weight excluding hydrogens is 278 g/mol. The summed E-state index contributed by atoms with van der Waals surface area (Å²) in [5, 5.41) is 19.5. The first kappa shape index (κ1) is 14.0. The van der Waals surface area contributed by atoms with E-state index in [1.165, 1.54) is 0 Å². The minimum Gasteiger partial charge on any atom is -0.310 e. The summed E-state index contributed by atoms with van der Waals surface area (Å²) in [5.74, 6) is 0.140. The van der Waals surface area contributed by atoms with E-state index >= 15 is 0 Å². The molecule has 2 aromatic rings. The summed E-state index contributed by atoms with van der Waals surface area (Å²) in [5.41, 5.74) is 1.92. The third-order valence-corrected chi connectivity index (χ3v) is 3.71. The maximum absolute atomic E-state index is 12.2. The number of hydrogen-bond acceptors (Lipinski definition) is 5. The molecule has 1 aliphatic heterocycles. The minimum absolute atomic E-state index is 0.114. The van der Waals surface area contributed by atoms with Gasteiger partial charge in [-0.05, 0) is 18.1 Å². The third-order valence-electron chi connectivity index (χ3n) is 3.71. The van der Waals surface area contributed by atoms with Crippen molar-refractivity contribution in [2.24, 2.45) is 5.92 Å². The van der Waals surface area contributed by atoms with Crippen LogP contribution in [0.25, 0.3) is 11.1 Å². The van der Waals surface area contributed by atoms with E-state index in [0.29, 0.717) is 25.3 Å². The molecule has 0 saturated carbocycles. The molecule has 1 aliphatic rings. The first-order valence-corrected chi connectivity index (χ1v) is 7.10. The zero-order chi connectivity index (χ0) is 15.4. The van der Waals surface area contributed by atoms with Gasteiger partial charge in [-0.3, -0.25) is 4.79 Å². The summed E-state index contributed by atoms with van der Waals surface area (Å²) in [6.45, 7) is 1.10. The Bertz CT molecular complexity index is 710. The van der Waals surface area contributed by atoms with Crippen LogP contribution in [0.3, 0.4) is 0 Å². The van der Waals surface area contributed by atoms with Crippen LogP contribution < -0.4 is 5.32 Å². The molecule has 1 unspecified atom stereocenters. The molecular formula is C16H15N5O. The van der Waals surface area contributed by atoms with Gasteiger partial charge in [0.1, 0.15) is 0 Å². The Morgan fingerprint density at radius 2 is 2.14 bits per heavy atom. The van der Waals surface area contributed by atoms with Crippen LogP contribution >= 0.6 is 0 Å². The molecule has 1 amide bonds. The molecule has 0 bridgehead atoms.